The van der Waals surface area contributed by atoms with Crippen molar-refractivity contribution in [3.8, 4) is 0 Å². The average Bonchev–Trinajstić information content (AvgIpc) is 3.00. The van der Waals surface area contributed by atoms with Gasteiger partial charge in [-0.25, -0.2) is 13.4 Å². The highest BCUT2D eigenvalue weighted by Crippen LogP contribution is 2.25. The molecule has 1 aliphatic rings. The van der Waals surface area contributed by atoms with Gasteiger partial charge in [-0.05, 0) is 42.5 Å². The SMILES string of the molecule is CCc1cccc(CC)c1Nc1ccc(C(=O)NC2CCS(=O)(=O)C2)cn1. The molecule has 2 N–H and O–H groups in total. The predicted octanol–water partition coefficient (Wildman–Crippen LogP) is 2.87. The van der Waals surface area contributed by atoms with Gasteiger partial charge in [0.1, 0.15) is 5.82 Å². The third kappa shape index (κ3) is 4.66. The van der Waals surface area contributed by atoms with Gasteiger partial charge < -0.3 is 10.6 Å². The lowest BCUT2D eigenvalue weighted by atomic mass is 10.0. The highest BCUT2D eigenvalue weighted by atomic mass is 32.2. The Morgan fingerprint density at radius 1 is 1.15 bits per heavy atom. The van der Waals surface area contributed by atoms with Crippen molar-refractivity contribution in [3.05, 3.63) is 53.2 Å². The van der Waals surface area contributed by atoms with Crippen molar-refractivity contribution in [2.75, 3.05) is 16.8 Å². The number of nitrogens with one attached hydrogen (secondary N) is 2. The van der Waals surface area contributed by atoms with Gasteiger partial charge in [0.05, 0.1) is 17.1 Å². The molecule has 0 bridgehead atoms. The van der Waals surface area contributed by atoms with E-state index < -0.39 is 9.84 Å². The zero-order chi connectivity index (χ0) is 19.4. The summed E-state index contributed by atoms with van der Waals surface area (Å²) in [7, 11) is -3.02. The Bertz CT molecular complexity index is 902. The fraction of sp³-hybridized carbons (Fsp3) is 0.400. The molecule has 27 heavy (non-hydrogen) atoms. The van der Waals surface area contributed by atoms with Crippen LogP contribution in [0.4, 0.5) is 11.5 Å². The van der Waals surface area contributed by atoms with E-state index in [4.69, 9.17) is 0 Å². The normalized spacial score (nSPS) is 18.2. The standard InChI is InChI=1S/C20H25N3O3S/c1-3-14-6-5-7-15(4-2)19(14)23-18-9-8-16(12-21-18)20(24)22-17-10-11-27(25,26)13-17/h5-9,12,17H,3-4,10-11,13H2,1-2H3,(H,21,23)(H,22,24). The molecule has 1 saturated heterocycles. The first-order valence-corrected chi connectivity index (χ1v) is 11.1. The maximum absolute atomic E-state index is 12.3. The van der Waals surface area contributed by atoms with Crippen molar-refractivity contribution < 1.29 is 13.2 Å². The number of aryl methyl sites for hydroxylation is 2. The number of para-hydroxylation sites is 1. The van der Waals surface area contributed by atoms with E-state index in [0.29, 0.717) is 17.8 Å². The van der Waals surface area contributed by atoms with E-state index in [9.17, 15) is 13.2 Å². The van der Waals surface area contributed by atoms with Gasteiger partial charge in [0.15, 0.2) is 9.84 Å². The minimum atomic E-state index is -3.02. The number of nitrogens with zero attached hydrogens (tertiary/aromatic N) is 1. The van der Waals surface area contributed by atoms with Crippen molar-refractivity contribution in [2.45, 2.75) is 39.2 Å². The molecule has 2 heterocycles. The van der Waals surface area contributed by atoms with Crippen LogP contribution in [-0.4, -0.2) is 36.9 Å². The maximum atomic E-state index is 12.3. The summed E-state index contributed by atoms with van der Waals surface area (Å²) in [5.74, 6) is 0.527. The number of carbonyl (C=O) groups excluding carboxylic acids is 1. The number of pyridine rings is 1. The summed E-state index contributed by atoms with van der Waals surface area (Å²) in [5.41, 5.74) is 3.94. The number of amides is 1. The summed E-state index contributed by atoms with van der Waals surface area (Å²) >= 11 is 0. The van der Waals surface area contributed by atoms with Crippen molar-refractivity contribution in [2.24, 2.45) is 0 Å². The molecule has 1 aliphatic heterocycles. The van der Waals surface area contributed by atoms with E-state index in [0.717, 1.165) is 18.5 Å². The Hall–Kier alpha value is -2.41. The minimum Gasteiger partial charge on any atom is -0.348 e. The van der Waals surface area contributed by atoms with Crippen LogP contribution in [0.15, 0.2) is 36.5 Å². The topological polar surface area (TPSA) is 88.2 Å². The first-order valence-electron chi connectivity index (χ1n) is 9.27. The number of aromatic nitrogens is 1. The van der Waals surface area contributed by atoms with E-state index in [1.54, 1.807) is 12.1 Å². The highest BCUT2D eigenvalue weighted by Gasteiger charge is 2.29. The third-order valence-corrected chi connectivity index (χ3v) is 6.61. The molecule has 2 aromatic rings. The summed E-state index contributed by atoms with van der Waals surface area (Å²) in [6.45, 7) is 4.23. The fourth-order valence-electron chi connectivity index (χ4n) is 3.31. The Morgan fingerprint density at radius 3 is 2.37 bits per heavy atom. The van der Waals surface area contributed by atoms with Gasteiger partial charge in [0.2, 0.25) is 0 Å². The number of rotatable bonds is 6. The molecular formula is C20H25N3O3S. The molecule has 0 spiro atoms. The van der Waals surface area contributed by atoms with Crippen LogP contribution < -0.4 is 10.6 Å². The fourth-order valence-corrected chi connectivity index (χ4v) is 4.98. The first kappa shape index (κ1) is 19.4. The molecule has 0 saturated carbocycles. The van der Waals surface area contributed by atoms with Crippen molar-refractivity contribution in [1.82, 2.24) is 10.3 Å². The van der Waals surface area contributed by atoms with Gasteiger partial charge in [-0.2, -0.15) is 0 Å². The summed E-state index contributed by atoms with van der Waals surface area (Å²) < 4.78 is 23.0. The molecule has 1 atom stereocenters. The number of sulfone groups is 1. The Kier molecular flexibility index (Phi) is 5.79. The van der Waals surface area contributed by atoms with E-state index in [2.05, 4.69) is 47.7 Å². The lowest BCUT2D eigenvalue weighted by Gasteiger charge is -2.15. The molecule has 1 amide bonds. The van der Waals surface area contributed by atoms with Crippen LogP contribution in [0.3, 0.4) is 0 Å². The molecule has 1 aromatic carbocycles. The molecule has 1 aromatic heterocycles. The average molecular weight is 388 g/mol. The Morgan fingerprint density at radius 2 is 1.85 bits per heavy atom. The van der Waals surface area contributed by atoms with Gasteiger partial charge in [0, 0.05) is 17.9 Å². The largest absolute Gasteiger partial charge is 0.348 e. The zero-order valence-corrected chi connectivity index (χ0v) is 16.5. The molecular weight excluding hydrogens is 362 g/mol. The Balaban J connectivity index is 1.70. The molecule has 3 rings (SSSR count). The van der Waals surface area contributed by atoms with Crippen LogP contribution in [0.2, 0.25) is 0 Å². The number of benzene rings is 1. The monoisotopic (exact) mass is 387 g/mol. The van der Waals surface area contributed by atoms with E-state index in [1.807, 2.05) is 0 Å². The van der Waals surface area contributed by atoms with Crippen LogP contribution in [0.5, 0.6) is 0 Å². The zero-order valence-electron chi connectivity index (χ0n) is 15.7. The number of anilines is 2. The summed E-state index contributed by atoms with van der Waals surface area (Å²) in [6, 6.07) is 9.41. The van der Waals surface area contributed by atoms with Crippen molar-refractivity contribution >= 4 is 27.2 Å². The smallest absolute Gasteiger partial charge is 0.253 e. The van der Waals surface area contributed by atoms with Crippen LogP contribution in [0.1, 0.15) is 41.8 Å². The van der Waals surface area contributed by atoms with Gasteiger partial charge in [0.25, 0.3) is 5.91 Å². The van der Waals surface area contributed by atoms with Crippen molar-refractivity contribution in [3.63, 3.8) is 0 Å². The van der Waals surface area contributed by atoms with Gasteiger partial charge >= 0.3 is 0 Å². The van der Waals surface area contributed by atoms with Crippen LogP contribution in [0, 0.1) is 0 Å². The van der Waals surface area contributed by atoms with Crippen molar-refractivity contribution in [1.29, 1.82) is 0 Å². The third-order valence-electron chi connectivity index (χ3n) is 4.85. The van der Waals surface area contributed by atoms with Crippen LogP contribution in [0.25, 0.3) is 0 Å². The second kappa shape index (κ2) is 8.08. The van der Waals surface area contributed by atoms with E-state index in [-0.39, 0.29) is 23.5 Å². The van der Waals surface area contributed by atoms with Crippen LogP contribution in [-0.2, 0) is 22.7 Å². The molecule has 0 aliphatic carbocycles. The summed E-state index contributed by atoms with van der Waals surface area (Å²) in [4.78, 5) is 16.7. The highest BCUT2D eigenvalue weighted by molar-refractivity contribution is 7.91. The quantitative estimate of drug-likeness (QED) is 0.796. The lowest BCUT2D eigenvalue weighted by molar-refractivity contribution is 0.0941. The molecule has 1 fully saturated rings. The Labute approximate surface area is 160 Å². The van der Waals surface area contributed by atoms with E-state index in [1.165, 1.54) is 17.3 Å². The van der Waals surface area contributed by atoms with E-state index >= 15 is 0 Å². The maximum Gasteiger partial charge on any atom is 0.253 e. The molecule has 144 valence electrons. The summed E-state index contributed by atoms with van der Waals surface area (Å²) in [6.07, 6.45) is 3.82. The molecule has 6 nitrogen and oxygen atoms in total. The summed E-state index contributed by atoms with van der Waals surface area (Å²) in [5, 5.41) is 6.15. The number of hydrogen-bond acceptors (Lipinski definition) is 5. The number of carbonyl (C=O) groups is 1. The second-order valence-electron chi connectivity index (χ2n) is 6.79. The van der Waals surface area contributed by atoms with Gasteiger partial charge in [-0.15, -0.1) is 0 Å². The number of hydrogen-bond donors (Lipinski definition) is 2. The van der Waals surface area contributed by atoms with Crippen LogP contribution >= 0.6 is 0 Å². The predicted molar refractivity (Wildman–Crippen MR) is 107 cm³/mol. The van der Waals surface area contributed by atoms with Gasteiger partial charge in [-0.3, -0.25) is 4.79 Å². The first-order chi connectivity index (χ1) is 12.9. The molecule has 7 heteroatoms. The lowest BCUT2D eigenvalue weighted by Crippen LogP contribution is -2.35. The van der Waals surface area contributed by atoms with Gasteiger partial charge in [-0.1, -0.05) is 32.0 Å². The minimum absolute atomic E-state index is 0.0133. The molecule has 0 radical (unpaired) electrons. The second-order valence-corrected chi connectivity index (χ2v) is 9.02. The molecule has 1 unspecified atom stereocenters.